The summed E-state index contributed by atoms with van der Waals surface area (Å²) in [6.45, 7) is 2.62. The second-order valence-corrected chi connectivity index (χ2v) is 5.70. The molecule has 2 aromatic rings. The molecule has 1 heterocycles. The molecule has 0 atom stereocenters. The Morgan fingerprint density at radius 2 is 2.14 bits per heavy atom. The van der Waals surface area contributed by atoms with Crippen LogP contribution in [0.3, 0.4) is 0 Å². The van der Waals surface area contributed by atoms with E-state index in [4.69, 9.17) is 26.6 Å². The van der Waals surface area contributed by atoms with E-state index in [1.54, 1.807) is 18.2 Å². The molecular weight excluding hydrogens is 290 g/mol. The molecule has 3 rings (SSSR count). The molecule has 2 N–H and O–H groups in total. The minimum atomic E-state index is -0.406. The van der Waals surface area contributed by atoms with Crippen molar-refractivity contribution in [2.24, 2.45) is 0 Å². The van der Waals surface area contributed by atoms with Crippen molar-refractivity contribution in [2.45, 2.75) is 38.2 Å². The third kappa shape index (κ3) is 2.63. The highest BCUT2D eigenvalue weighted by molar-refractivity contribution is 6.33. The fourth-order valence-electron chi connectivity index (χ4n) is 2.88. The molecule has 0 bridgehead atoms. The fraction of sp³-hybridized carbons (Fsp3) is 0.467. The van der Waals surface area contributed by atoms with Crippen molar-refractivity contribution in [3.63, 3.8) is 0 Å². The van der Waals surface area contributed by atoms with Crippen molar-refractivity contribution < 1.29 is 9.26 Å². The van der Waals surface area contributed by atoms with E-state index in [9.17, 15) is 0 Å². The predicted octanol–water partition coefficient (Wildman–Crippen LogP) is 3.78. The van der Waals surface area contributed by atoms with Crippen molar-refractivity contribution >= 4 is 17.3 Å². The molecule has 1 aliphatic rings. The van der Waals surface area contributed by atoms with E-state index < -0.39 is 5.60 Å². The van der Waals surface area contributed by atoms with Crippen molar-refractivity contribution in [3.05, 3.63) is 29.0 Å². The predicted molar refractivity (Wildman–Crippen MR) is 80.9 cm³/mol. The van der Waals surface area contributed by atoms with Crippen LogP contribution in [0, 0.1) is 0 Å². The molecule has 0 aliphatic heterocycles. The highest BCUT2D eigenvalue weighted by Crippen LogP contribution is 2.41. The van der Waals surface area contributed by atoms with E-state index in [-0.39, 0.29) is 0 Å². The molecule has 0 radical (unpaired) electrons. The molecule has 1 fully saturated rings. The molecule has 1 aromatic carbocycles. The third-order valence-corrected chi connectivity index (χ3v) is 4.20. The maximum Gasteiger partial charge on any atom is 0.259 e. The molecule has 1 aromatic heterocycles. The molecule has 112 valence electrons. The topological polar surface area (TPSA) is 74.2 Å². The normalized spacial score (nSPS) is 17.2. The van der Waals surface area contributed by atoms with Gasteiger partial charge in [0.1, 0.15) is 5.60 Å². The summed E-state index contributed by atoms with van der Waals surface area (Å²) >= 11 is 6.19. The minimum absolute atomic E-state index is 0.404. The average Bonchev–Trinajstić information content (AvgIpc) is 3.08. The van der Waals surface area contributed by atoms with Gasteiger partial charge in [0.05, 0.1) is 10.6 Å². The monoisotopic (exact) mass is 307 g/mol. The van der Waals surface area contributed by atoms with Gasteiger partial charge < -0.3 is 15.0 Å². The summed E-state index contributed by atoms with van der Waals surface area (Å²) in [6.07, 6.45) is 4.09. The van der Waals surface area contributed by atoms with Crippen molar-refractivity contribution in [1.29, 1.82) is 0 Å². The largest absolute Gasteiger partial charge is 0.399 e. The number of rotatable bonds is 4. The van der Waals surface area contributed by atoms with Crippen LogP contribution in [0.25, 0.3) is 11.5 Å². The highest BCUT2D eigenvalue weighted by Gasteiger charge is 2.41. The number of nitrogen functional groups attached to an aromatic ring is 1. The number of aromatic nitrogens is 2. The lowest BCUT2D eigenvalue weighted by molar-refractivity contribution is -0.0469. The van der Waals surface area contributed by atoms with Gasteiger partial charge in [-0.25, -0.2) is 0 Å². The molecule has 0 saturated heterocycles. The van der Waals surface area contributed by atoms with Gasteiger partial charge in [-0.3, -0.25) is 0 Å². The van der Waals surface area contributed by atoms with Gasteiger partial charge in [-0.15, -0.1) is 0 Å². The van der Waals surface area contributed by atoms with Gasteiger partial charge in [-0.2, -0.15) is 4.98 Å². The quantitative estimate of drug-likeness (QED) is 0.870. The van der Waals surface area contributed by atoms with E-state index >= 15 is 0 Å². The fourth-order valence-corrected chi connectivity index (χ4v) is 3.15. The summed E-state index contributed by atoms with van der Waals surface area (Å²) < 4.78 is 11.3. The first kappa shape index (κ1) is 14.4. The number of halogens is 1. The third-order valence-electron chi connectivity index (χ3n) is 3.89. The molecule has 0 spiro atoms. The van der Waals surface area contributed by atoms with Gasteiger partial charge in [0.25, 0.3) is 5.89 Å². The highest BCUT2D eigenvalue weighted by atomic mass is 35.5. The van der Waals surface area contributed by atoms with Crippen molar-refractivity contribution in [1.82, 2.24) is 10.1 Å². The first-order chi connectivity index (χ1) is 10.1. The van der Waals surface area contributed by atoms with E-state index in [1.807, 2.05) is 6.92 Å². The zero-order valence-electron chi connectivity index (χ0n) is 11.9. The number of hydrogen-bond donors (Lipinski definition) is 1. The Morgan fingerprint density at radius 1 is 1.38 bits per heavy atom. The smallest absolute Gasteiger partial charge is 0.259 e. The van der Waals surface area contributed by atoms with Crippen LogP contribution in [0.15, 0.2) is 22.7 Å². The van der Waals surface area contributed by atoms with E-state index in [0.29, 0.717) is 34.6 Å². The summed E-state index contributed by atoms with van der Waals surface area (Å²) in [4.78, 5) is 4.52. The molecule has 1 saturated carbocycles. The Morgan fingerprint density at radius 3 is 2.81 bits per heavy atom. The van der Waals surface area contributed by atoms with Gasteiger partial charge in [0.15, 0.2) is 0 Å². The van der Waals surface area contributed by atoms with Crippen LogP contribution in [-0.4, -0.2) is 16.7 Å². The van der Waals surface area contributed by atoms with Gasteiger partial charge in [-0.1, -0.05) is 16.8 Å². The lowest BCUT2D eigenvalue weighted by Crippen LogP contribution is -2.27. The summed E-state index contributed by atoms with van der Waals surface area (Å²) in [5, 5.41) is 4.63. The Bertz CT molecular complexity index is 636. The lowest BCUT2D eigenvalue weighted by Gasteiger charge is -2.24. The van der Waals surface area contributed by atoms with E-state index in [1.165, 1.54) is 0 Å². The standard InChI is InChI=1S/C15H18ClN3O2/c1-2-20-15(7-3-4-8-15)14-18-13(21-19-14)11-6-5-10(17)9-12(11)16/h5-6,9H,2-4,7-8,17H2,1H3. The van der Waals surface area contributed by atoms with Crippen LogP contribution >= 0.6 is 11.6 Å². The number of ether oxygens (including phenoxy) is 1. The molecule has 0 amide bonds. The molecule has 5 nitrogen and oxygen atoms in total. The summed E-state index contributed by atoms with van der Waals surface area (Å²) in [5.74, 6) is 1.02. The Kier molecular flexibility index (Phi) is 3.87. The van der Waals surface area contributed by atoms with E-state index in [2.05, 4.69) is 10.1 Å². The van der Waals surface area contributed by atoms with Crippen LogP contribution in [0.5, 0.6) is 0 Å². The number of benzene rings is 1. The maximum absolute atomic E-state index is 6.19. The molecule has 21 heavy (non-hydrogen) atoms. The number of hydrogen-bond acceptors (Lipinski definition) is 5. The van der Waals surface area contributed by atoms with Gasteiger partial charge >= 0.3 is 0 Å². The van der Waals surface area contributed by atoms with Crippen LogP contribution in [0.1, 0.15) is 38.4 Å². The van der Waals surface area contributed by atoms with Gasteiger partial charge in [0, 0.05) is 12.3 Å². The second-order valence-electron chi connectivity index (χ2n) is 5.30. The first-order valence-corrected chi connectivity index (χ1v) is 7.56. The lowest BCUT2D eigenvalue weighted by atomic mass is 10.0. The number of nitrogens with two attached hydrogens (primary N) is 1. The molecule has 1 aliphatic carbocycles. The second kappa shape index (κ2) is 5.66. The molecule has 6 heteroatoms. The van der Waals surface area contributed by atoms with Crippen molar-refractivity contribution in [2.75, 3.05) is 12.3 Å². The number of nitrogens with zero attached hydrogens (tertiary/aromatic N) is 2. The van der Waals surface area contributed by atoms with Crippen LogP contribution in [-0.2, 0) is 10.3 Å². The summed E-state index contributed by atoms with van der Waals surface area (Å²) in [5.41, 5.74) is 6.58. The average molecular weight is 308 g/mol. The summed E-state index contributed by atoms with van der Waals surface area (Å²) in [7, 11) is 0. The SMILES string of the molecule is CCOC1(c2noc(-c3ccc(N)cc3Cl)n2)CCCC1. The Balaban J connectivity index is 1.95. The number of anilines is 1. The Hall–Kier alpha value is -1.59. The van der Waals surface area contributed by atoms with Gasteiger partial charge in [-0.05, 0) is 50.8 Å². The maximum atomic E-state index is 6.19. The summed E-state index contributed by atoms with van der Waals surface area (Å²) in [6, 6.07) is 5.23. The van der Waals surface area contributed by atoms with Crippen LogP contribution < -0.4 is 5.73 Å². The van der Waals surface area contributed by atoms with Crippen LogP contribution in [0.2, 0.25) is 5.02 Å². The Labute approximate surface area is 128 Å². The molecule has 0 unspecified atom stereocenters. The zero-order chi connectivity index (χ0) is 14.9. The zero-order valence-corrected chi connectivity index (χ0v) is 12.7. The first-order valence-electron chi connectivity index (χ1n) is 7.18. The van der Waals surface area contributed by atoms with Crippen LogP contribution in [0.4, 0.5) is 5.69 Å². The van der Waals surface area contributed by atoms with E-state index in [0.717, 1.165) is 25.7 Å². The van der Waals surface area contributed by atoms with Crippen molar-refractivity contribution in [3.8, 4) is 11.5 Å². The molecular formula is C15H18ClN3O2. The van der Waals surface area contributed by atoms with Gasteiger partial charge in [0.2, 0.25) is 5.82 Å². The minimum Gasteiger partial charge on any atom is -0.399 e.